The second-order valence-corrected chi connectivity index (χ2v) is 8.07. The summed E-state index contributed by atoms with van der Waals surface area (Å²) in [6.45, 7) is 19.8. The first-order valence-corrected chi connectivity index (χ1v) is 7.02. The molecular weight excluding hydrogens is 208 g/mol. The van der Waals surface area contributed by atoms with Crippen molar-refractivity contribution in [2.45, 2.75) is 72.4 Å². The zero-order chi connectivity index (χ0) is 13.3. The van der Waals surface area contributed by atoms with Crippen LogP contribution in [0.1, 0.15) is 61.3 Å². The molecule has 102 valence electrons. The Hall–Kier alpha value is -0.0800. The van der Waals surface area contributed by atoms with Gasteiger partial charge in [-0.2, -0.15) is 0 Å². The second-order valence-electron chi connectivity index (χ2n) is 8.07. The Kier molecular flexibility index (Phi) is 4.31. The number of likely N-dealkylation sites (tertiary alicyclic amines) is 1. The molecule has 1 N–H and O–H groups in total. The summed E-state index contributed by atoms with van der Waals surface area (Å²) in [5, 5.41) is 3.67. The molecule has 0 aliphatic carbocycles. The molecule has 2 heteroatoms. The minimum Gasteiger partial charge on any atom is -0.312 e. The maximum Gasteiger partial charge on any atom is 0.0125 e. The summed E-state index contributed by atoms with van der Waals surface area (Å²) in [4.78, 5) is 2.62. The topological polar surface area (TPSA) is 15.3 Å². The number of nitrogens with zero attached hydrogens (tertiary/aromatic N) is 1. The Morgan fingerprint density at radius 2 is 1.47 bits per heavy atom. The third kappa shape index (κ3) is 4.97. The predicted octanol–water partition coefficient (Wildman–Crippen LogP) is 3.28. The molecule has 0 spiro atoms. The molecule has 2 nitrogen and oxygen atoms in total. The number of piperidine rings is 1. The fourth-order valence-electron chi connectivity index (χ4n) is 2.37. The maximum atomic E-state index is 3.67. The zero-order valence-corrected chi connectivity index (χ0v) is 13.0. The third-order valence-electron chi connectivity index (χ3n) is 3.96. The van der Waals surface area contributed by atoms with E-state index in [0.717, 1.165) is 6.54 Å². The lowest BCUT2D eigenvalue weighted by Gasteiger charge is -2.46. The van der Waals surface area contributed by atoms with Gasteiger partial charge >= 0.3 is 0 Å². The Morgan fingerprint density at radius 1 is 1.00 bits per heavy atom. The number of hydrogen-bond acceptors (Lipinski definition) is 2. The van der Waals surface area contributed by atoms with E-state index in [1.165, 1.54) is 25.9 Å². The minimum absolute atomic E-state index is 0.240. The van der Waals surface area contributed by atoms with Gasteiger partial charge in [0, 0.05) is 17.6 Å². The molecule has 0 atom stereocenters. The quantitative estimate of drug-likeness (QED) is 0.797. The molecule has 0 bridgehead atoms. The van der Waals surface area contributed by atoms with Crippen LogP contribution in [-0.2, 0) is 0 Å². The van der Waals surface area contributed by atoms with E-state index in [1.54, 1.807) is 0 Å². The third-order valence-corrected chi connectivity index (χ3v) is 3.96. The van der Waals surface area contributed by atoms with Crippen LogP contribution in [0, 0.1) is 5.41 Å². The first-order chi connectivity index (χ1) is 7.52. The van der Waals surface area contributed by atoms with Gasteiger partial charge in [0.15, 0.2) is 0 Å². The molecule has 0 unspecified atom stereocenters. The summed E-state index contributed by atoms with van der Waals surface area (Å²) in [7, 11) is 0. The van der Waals surface area contributed by atoms with Crippen LogP contribution < -0.4 is 5.32 Å². The van der Waals surface area contributed by atoms with Crippen molar-refractivity contribution in [3.05, 3.63) is 0 Å². The van der Waals surface area contributed by atoms with Gasteiger partial charge in [-0.1, -0.05) is 6.92 Å². The summed E-state index contributed by atoms with van der Waals surface area (Å²) >= 11 is 0. The van der Waals surface area contributed by atoms with Gasteiger partial charge in [0.1, 0.15) is 0 Å². The summed E-state index contributed by atoms with van der Waals surface area (Å²) in [6, 6.07) is 0. The number of nitrogens with one attached hydrogen (secondary N) is 1. The van der Waals surface area contributed by atoms with Gasteiger partial charge in [0.2, 0.25) is 0 Å². The smallest absolute Gasteiger partial charge is 0.0125 e. The van der Waals surface area contributed by atoms with E-state index in [2.05, 4.69) is 58.7 Å². The highest BCUT2D eigenvalue weighted by Gasteiger charge is 2.34. The summed E-state index contributed by atoms with van der Waals surface area (Å²) in [5.41, 5.74) is 1.05. The van der Waals surface area contributed by atoms with Crippen LogP contribution in [-0.4, -0.2) is 35.6 Å². The molecular formula is C15H32N2. The lowest BCUT2D eigenvalue weighted by molar-refractivity contribution is 0.0481. The van der Waals surface area contributed by atoms with Crippen molar-refractivity contribution >= 4 is 0 Å². The summed E-state index contributed by atoms with van der Waals surface area (Å²) < 4.78 is 0. The lowest BCUT2D eigenvalue weighted by Crippen LogP contribution is -2.52. The Bertz CT molecular complexity index is 237. The highest BCUT2D eigenvalue weighted by molar-refractivity contribution is 4.89. The van der Waals surface area contributed by atoms with Gasteiger partial charge in [-0.15, -0.1) is 0 Å². The average Bonchev–Trinajstić information content (AvgIpc) is 2.13. The van der Waals surface area contributed by atoms with E-state index in [1.807, 2.05) is 0 Å². The van der Waals surface area contributed by atoms with Gasteiger partial charge in [-0.25, -0.2) is 0 Å². The molecule has 1 aliphatic heterocycles. The molecule has 0 amide bonds. The SMILES string of the molecule is CC1(CNC(C)(C)C)CCN(C(C)(C)C)CC1. The van der Waals surface area contributed by atoms with E-state index >= 15 is 0 Å². The maximum absolute atomic E-state index is 3.67. The molecule has 0 aromatic rings. The number of rotatable bonds is 2. The largest absolute Gasteiger partial charge is 0.312 e. The van der Waals surface area contributed by atoms with Crippen LogP contribution >= 0.6 is 0 Å². The summed E-state index contributed by atoms with van der Waals surface area (Å²) in [5.74, 6) is 0. The van der Waals surface area contributed by atoms with Gasteiger partial charge in [-0.05, 0) is 72.9 Å². The average molecular weight is 240 g/mol. The van der Waals surface area contributed by atoms with E-state index in [-0.39, 0.29) is 5.54 Å². The van der Waals surface area contributed by atoms with Crippen LogP contribution in [0.3, 0.4) is 0 Å². The van der Waals surface area contributed by atoms with Crippen LogP contribution in [0.2, 0.25) is 0 Å². The van der Waals surface area contributed by atoms with Crippen molar-refractivity contribution in [1.82, 2.24) is 10.2 Å². The normalized spacial score (nSPS) is 22.8. The molecule has 1 saturated heterocycles. The molecule has 1 aliphatic rings. The Morgan fingerprint density at radius 3 is 1.82 bits per heavy atom. The van der Waals surface area contributed by atoms with Gasteiger partial charge in [-0.3, -0.25) is 4.90 Å². The molecule has 1 rings (SSSR count). The molecule has 0 saturated carbocycles. The lowest BCUT2D eigenvalue weighted by atomic mass is 9.78. The van der Waals surface area contributed by atoms with Crippen LogP contribution in [0.15, 0.2) is 0 Å². The van der Waals surface area contributed by atoms with Crippen LogP contribution in [0.4, 0.5) is 0 Å². The Balaban J connectivity index is 2.44. The van der Waals surface area contributed by atoms with E-state index in [4.69, 9.17) is 0 Å². The van der Waals surface area contributed by atoms with Crippen LogP contribution in [0.25, 0.3) is 0 Å². The molecule has 1 fully saturated rings. The first kappa shape index (κ1) is 15.0. The standard InChI is InChI=1S/C15H32N2/c1-13(2,3)16-12-15(7)8-10-17(11-9-15)14(4,5)6/h16H,8-12H2,1-7H3. The van der Waals surface area contributed by atoms with Crippen molar-refractivity contribution in [1.29, 1.82) is 0 Å². The second kappa shape index (κ2) is 4.89. The molecule has 0 aromatic carbocycles. The van der Waals surface area contributed by atoms with Crippen molar-refractivity contribution in [2.75, 3.05) is 19.6 Å². The van der Waals surface area contributed by atoms with Gasteiger partial charge in [0.25, 0.3) is 0 Å². The minimum atomic E-state index is 0.240. The highest BCUT2D eigenvalue weighted by Crippen LogP contribution is 2.33. The van der Waals surface area contributed by atoms with E-state index in [0.29, 0.717) is 11.0 Å². The molecule has 0 aromatic heterocycles. The molecule has 17 heavy (non-hydrogen) atoms. The fraction of sp³-hybridized carbons (Fsp3) is 1.00. The molecule has 1 heterocycles. The highest BCUT2D eigenvalue weighted by atomic mass is 15.2. The first-order valence-electron chi connectivity index (χ1n) is 7.02. The fourth-order valence-corrected chi connectivity index (χ4v) is 2.37. The van der Waals surface area contributed by atoms with Gasteiger partial charge < -0.3 is 5.32 Å². The summed E-state index contributed by atoms with van der Waals surface area (Å²) in [6.07, 6.45) is 2.63. The van der Waals surface area contributed by atoms with E-state index in [9.17, 15) is 0 Å². The predicted molar refractivity (Wildman–Crippen MR) is 76.4 cm³/mol. The van der Waals surface area contributed by atoms with Gasteiger partial charge in [0.05, 0.1) is 0 Å². The zero-order valence-electron chi connectivity index (χ0n) is 13.0. The van der Waals surface area contributed by atoms with E-state index < -0.39 is 0 Å². The Labute approximate surface area is 108 Å². The van der Waals surface area contributed by atoms with Crippen LogP contribution in [0.5, 0.6) is 0 Å². The van der Waals surface area contributed by atoms with Crippen molar-refractivity contribution in [3.63, 3.8) is 0 Å². The van der Waals surface area contributed by atoms with Crippen molar-refractivity contribution in [2.24, 2.45) is 5.41 Å². The van der Waals surface area contributed by atoms with Crippen molar-refractivity contribution < 1.29 is 0 Å². The number of hydrogen-bond donors (Lipinski definition) is 1. The monoisotopic (exact) mass is 240 g/mol. The van der Waals surface area contributed by atoms with Crippen molar-refractivity contribution in [3.8, 4) is 0 Å². The molecule has 0 radical (unpaired) electrons.